The number of ether oxygens (including phenoxy) is 1. The van der Waals surface area contributed by atoms with Gasteiger partial charge < -0.3 is 10.1 Å². The first kappa shape index (κ1) is 15.5. The Morgan fingerprint density at radius 1 is 1.47 bits per heavy atom. The van der Waals surface area contributed by atoms with Gasteiger partial charge in [0.1, 0.15) is 5.60 Å². The minimum absolute atomic E-state index is 0.182. The number of hydrogen-bond donors (Lipinski definition) is 1. The highest BCUT2D eigenvalue weighted by Crippen LogP contribution is 2.25. The molecule has 0 spiro atoms. The summed E-state index contributed by atoms with van der Waals surface area (Å²) in [7, 11) is 0. The lowest BCUT2D eigenvalue weighted by Crippen LogP contribution is -2.35. The Hall–Kier alpha value is -1.54. The molecule has 1 rings (SSSR count). The maximum Gasteiger partial charge on any atom is 0.408 e. The van der Waals surface area contributed by atoms with Crippen molar-refractivity contribution in [3.05, 3.63) is 34.3 Å². The van der Waals surface area contributed by atoms with Crippen LogP contribution >= 0.6 is 15.9 Å². The van der Waals surface area contributed by atoms with Gasteiger partial charge in [0.05, 0.1) is 18.5 Å². The van der Waals surface area contributed by atoms with Gasteiger partial charge in [0.25, 0.3) is 0 Å². The van der Waals surface area contributed by atoms with Gasteiger partial charge in [-0.15, -0.1) is 0 Å². The van der Waals surface area contributed by atoms with E-state index in [0.29, 0.717) is 0 Å². The molecule has 0 bridgehead atoms. The number of nitrogens with zero attached hydrogens (tertiary/aromatic N) is 1. The van der Waals surface area contributed by atoms with Crippen molar-refractivity contribution in [1.29, 1.82) is 5.26 Å². The second-order valence-corrected chi connectivity index (χ2v) is 5.94. The summed E-state index contributed by atoms with van der Waals surface area (Å²) >= 11 is 3.42. The minimum atomic E-state index is -0.560. The van der Waals surface area contributed by atoms with Gasteiger partial charge in [-0.2, -0.15) is 5.26 Å². The molecule has 19 heavy (non-hydrogen) atoms. The molecule has 1 atom stereocenters. The van der Waals surface area contributed by atoms with E-state index in [1.807, 2.05) is 24.3 Å². The summed E-state index contributed by atoms with van der Waals surface area (Å²) in [5, 5.41) is 11.6. The molecule has 0 aliphatic heterocycles. The molecule has 1 aromatic rings. The summed E-state index contributed by atoms with van der Waals surface area (Å²) in [6.07, 6.45) is -0.342. The largest absolute Gasteiger partial charge is 0.444 e. The summed E-state index contributed by atoms with van der Waals surface area (Å²) in [6.45, 7) is 5.39. The summed E-state index contributed by atoms with van der Waals surface area (Å²) in [4.78, 5) is 11.8. The van der Waals surface area contributed by atoms with Crippen LogP contribution in [0.5, 0.6) is 0 Å². The standard InChI is InChI=1S/C14H17BrN2O2/c1-14(2,3)19-13(18)17-12(8-9-16)10-6-4-5-7-11(10)15/h4-7,12H,8H2,1-3H3,(H,17,18). The summed E-state index contributed by atoms with van der Waals surface area (Å²) in [6, 6.07) is 9.16. The van der Waals surface area contributed by atoms with Crippen LogP contribution in [0.15, 0.2) is 28.7 Å². The number of alkyl carbamates (subject to hydrolysis) is 1. The van der Waals surface area contributed by atoms with Crippen LogP contribution in [0.2, 0.25) is 0 Å². The lowest BCUT2D eigenvalue weighted by Gasteiger charge is -2.23. The smallest absolute Gasteiger partial charge is 0.408 e. The molecule has 102 valence electrons. The van der Waals surface area contributed by atoms with Crippen molar-refractivity contribution in [2.75, 3.05) is 0 Å². The van der Waals surface area contributed by atoms with Gasteiger partial charge in [0, 0.05) is 4.47 Å². The number of carbonyl (C=O) groups is 1. The number of nitriles is 1. The number of hydrogen-bond acceptors (Lipinski definition) is 3. The number of halogens is 1. The molecular weight excluding hydrogens is 308 g/mol. The monoisotopic (exact) mass is 324 g/mol. The zero-order valence-corrected chi connectivity index (χ0v) is 12.8. The first-order valence-corrected chi connectivity index (χ1v) is 6.73. The van der Waals surface area contributed by atoms with Crippen LogP contribution in [0, 0.1) is 11.3 Å². The van der Waals surface area contributed by atoms with Crippen LogP contribution < -0.4 is 5.32 Å². The molecule has 5 heteroatoms. The third kappa shape index (κ3) is 5.31. The predicted octanol–water partition coefficient (Wildman–Crippen LogP) is 3.93. The molecule has 0 radical (unpaired) electrons. The highest BCUT2D eigenvalue weighted by atomic mass is 79.9. The quantitative estimate of drug-likeness (QED) is 0.916. The van der Waals surface area contributed by atoms with Crippen molar-refractivity contribution in [3.8, 4) is 6.07 Å². The van der Waals surface area contributed by atoms with Gasteiger partial charge in [-0.1, -0.05) is 34.1 Å². The molecule has 1 amide bonds. The van der Waals surface area contributed by atoms with E-state index < -0.39 is 17.7 Å². The Balaban J connectivity index is 2.83. The van der Waals surface area contributed by atoms with Gasteiger partial charge in [-0.25, -0.2) is 4.79 Å². The molecule has 0 fully saturated rings. The molecule has 0 aliphatic carbocycles. The van der Waals surface area contributed by atoms with Gasteiger partial charge in [0.15, 0.2) is 0 Å². The lowest BCUT2D eigenvalue weighted by atomic mass is 10.0. The van der Waals surface area contributed by atoms with Gasteiger partial charge in [-0.05, 0) is 32.4 Å². The van der Waals surface area contributed by atoms with Crippen molar-refractivity contribution in [1.82, 2.24) is 5.32 Å². The lowest BCUT2D eigenvalue weighted by molar-refractivity contribution is 0.0504. The van der Waals surface area contributed by atoms with Crippen LogP contribution in [-0.4, -0.2) is 11.7 Å². The van der Waals surface area contributed by atoms with Gasteiger partial charge in [0.2, 0.25) is 0 Å². The van der Waals surface area contributed by atoms with E-state index in [1.165, 1.54) is 0 Å². The van der Waals surface area contributed by atoms with E-state index in [9.17, 15) is 4.79 Å². The Labute approximate surface area is 121 Å². The first-order valence-electron chi connectivity index (χ1n) is 5.94. The minimum Gasteiger partial charge on any atom is -0.444 e. The van der Waals surface area contributed by atoms with Gasteiger partial charge >= 0.3 is 6.09 Å². The van der Waals surface area contributed by atoms with Crippen molar-refractivity contribution in [3.63, 3.8) is 0 Å². The van der Waals surface area contributed by atoms with Crippen LogP contribution in [0.3, 0.4) is 0 Å². The van der Waals surface area contributed by atoms with Crippen molar-refractivity contribution in [2.24, 2.45) is 0 Å². The topological polar surface area (TPSA) is 62.1 Å². The van der Waals surface area contributed by atoms with Crippen molar-refractivity contribution in [2.45, 2.75) is 38.8 Å². The fourth-order valence-electron chi connectivity index (χ4n) is 1.54. The summed E-state index contributed by atoms with van der Waals surface area (Å²) in [5.41, 5.74) is 0.296. The second-order valence-electron chi connectivity index (χ2n) is 5.08. The maximum atomic E-state index is 11.8. The zero-order chi connectivity index (χ0) is 14.5. The molecule has 1 unspecified atom stereocenters. The first-order chi connectivity index (χ1) is 8.83. The van der Waals surface area contributed by atoms with Crippen LogP contribution in [-0.2, 0) is 4.74 Å². The number of carbonyl (C=O) groups excluding carboxylic acids is 1. The van der Waals surface area contributed by atoms with Crippen molar-refractivity contribution < 1.29 is 9.53 Å². The maximum absolute atomic E-state index is 11.8. The number of benzene rings is 1. The molecule has 0 saturated carbocycles. The third-order valence-electron chi connectivity index (χ3n) is 2.27. The highest BCUT2D eigenvalue weighted by molar-refractivity contribution is 9.10. The predicted molar refractivity (Wildman–Crippen MR) is 76.5 cm³/mol. The highest BCUT2D eigenvalue weighted by Gasteiger charge is 2.21. The van der Waals surface area contributed by atoms with Crippen LogP contribution in [0.4, 0.5) is 4.79 Å². The Kier molecular flexibility index (Phi) is 5.37. The van der Waals surface area contributed by atoms with E-state index >= 15 is 0 Å². The van der Waals surface area contributed by atoms with E-state index in [1.54, 1.807) is 20.8 Å². The number of amides is 1. The Morgan fingerprint density at radius 2 is 2.11 bits per heavy atom. The average Bonchev–Trinajstić information content (AvgIpc) is 2.26. The van der Waals surface area contributed by atoms with E-state index in [0.717, 1.165) is 10.0 Å². The number of nitrogens with one attached hydrogen (secondary N) is 1. The SMILES string of the molecule is CC(C)(C)OC(=O)NC(CC#N)c1ccccc1Br. The molecule has 0 heterocycles. The summed E-state index contributed by atoms with van der Waals surface area (Å²) < 4.78 is 6.05. The Morgan fingerprint density at radius 3 is 2.63 bits per heavy atom. The van der Waals surface area contributed by atoms with Crippen LogP contribution in [0.25, 0.3) is 0 Å². The normalized spacial score (nSPS) is 12.4. The van der Waals surface area contributed by atoms with E-state index in [4.69, 9.17) is 10.00 Å². The second kappa shape index (κ2) is 6.58. The molecule has 0 aliphatic rings. The zero-order valence-electron chi connectivity index (χ0n) is 11.2. The molecular formula is C14H17BrN2O2. The van der Waals surface area contributed by atoms with Gasteiger partial charge in [-0.3, -0.25) is 0 Å². The molecule has 0 aromatic heterocycles. The number of rotatable bonds is 3. The van der Waals surface area contributed by atoms with Crippen molar-refractivity contribution >= 4 is 22.0 Å². The molecule has 1 aromatic carbocycles. The molecule has 4 nitrogen and oxygen atoms in total. The molecule has 1 N–H and O–H groups in total. The fourth-order valence-corrected chi connectivity index (χ4v) is 2.10. The molecule has 0 saturated heterocycles. The van der Waals surface area contributed by atoms with E-state index in [2.05, 4.69) is 27.3 Å². The average molecular weight is 325 g/mol. The third-order valence-corrected chi connectivity index (χ3v) is 2.99. The van der Waals surface area contributed by atoms with E-state index in [-0.39, 0.29) is 6.42 Å². The fraction of sp³-hybridized carbons (Fsp3) is 0.429. The Bertz CT molecular complexity index is 489. The van der Waals surface area contributed by atoms with Crippen LogP contribution in [0.1, 0.15) is 38.8 Å². The summed E-state index contributed by atoms with van der Waals surface area (Å²) in [5.74, 6) is 0.